The summed E-state index contributed by atoms with van der Waals surface area (Å²) in [5.74, 6) is -0.0155. The Morgan fingerprint density at radius 1 is 1.20 bits per heavy atom. The molecule has 3 rings (SSSR count). The van der Waals surface area contributed by atoms with E-state index in [1.54, 1.807) is 29.8 Å². The van der Waals surface area contributed by atoms with Gasteiger partial charge in [-0.1, -0.05) is 19.8 Å². The smallest absolute Gasteiger partial charge is 0.258 e. The lowest BCUT2D eigenvalue weighted by molar-refractivity contribution is 0.590. The minimum Gasteiger partial charge on any atom is -0.384 e. The van der Waals surface area contributed by atoms with E-state index in [0.717, 1.165) is 19.3 Å². The molecule has 0 fully saturated rings. The first-order valence-corrected chi connectivity index (χ1v) is 8.44. The number of pyridine rings is 1. The Balaban J connectivity index is 2.08. The number of anilines is 1. The largest absolute Gasteiger partial charge is 0.384 e. The Labute approximate surface area is 145 Å². The van der Waals surface area contributed by atoms with Crippen LogP contribution in [0.2, 0.25) is 0 Å². The van der Waals surface area contributed by atoms with Crippen molar-refractivity contribution < 1.29 is 4.39 Å². The minimum atomic E-state index is -0.527. The first-order chi connectivity index (χ1) is 12.0. The van der Waals surface area contributed by atoms with Gasteiger partial charge >= 0.3 is 0 Å². The summed E-state index contributed by atoms with van der Waals surface area (Å²) in [7, 11) is 0. The average molecular weight is 340 g/mol. The van der Waals surface area contributed by atoms with Crippen LogP contribution in [0.1, 0.15) is 31.9 Å². The molecule has 0 aliphatic heterocycles. The standard InChI is InChI=1S/C19H21FN4O/c1-3-4-5-7-24-8-6-13-10-15(16(20)11-14(13)19(24)25)18-22-12(2)9-17(21)23-18/h6,8-11H,3-5,7H2,1-2H3,(H2,21,22,23). The van der Waals surface area contributed by atoms with Crippen LogP contribution in [0.4, 0.5) is 10.2 Å². The molecule has 0 amide bonds. The SMILES string of the molecule is CCCCCn1ccc2cc(-c3nc(C)cc(N)n3)c(F)cc2c1=O. The molecule has 0 saturated carbocycles. The van der Waals surface area contributed by atoms with Crippen molar-refractivity contribution >= 4 is 16.6 Å². The van der Waals surface area contributed by atoms with Gasteiger partial charge in [0.05, 0.1) is 10.9 Å². The maximum absolute atomic E-state index is 14.6. The molecule has 3 aromatic rings. The summed E-state index contributed by atoms with van der Waals surface area (Å²) in [5.41, 5.74) is 6.46. The molecule has 0 spiro atoms. The zero-order valence-electron chi connectivity index (χ0n) is 14.4. The van der Waals surface area contributed by atoms with Gasteiger partial charge in [0.15, 0.2) is 5.82 Å². The molecule has 2 aromatic heterocycles. The normalized spacial score (nSPS) is 11.2. The van der Waals surface area contributed by atoms with E-state index in [-0.39, 0.29) is 22.8 Å². The molecule has 0 unspecified atom stereocenters. The Morgan fingerprint density at radius 3 is 2.72 bits per heavy atom. The number of hydrogen-bond acceptors (Lipinski definition) is 4. The molecule has 25 heavy (non-hydrogen) atoms. The molecule has 5 nitrogen and oxygen atoms in total. The average Bonchev–Trinajstić information content (AvgIpc) is 2.56. The number of rotatable bonds is 5. The number of hydrogen-bond donors (Lipinski definition) is 1. The molecule has 0 radical (unpaired) electrons. The summed E-state index contributed by atoms with van der Waals surface area (Å²) in [6.45, 7) is 4.53. The van der Waals surface area contributed by atoms with Gasteiger partial charge in [0.1, 0.15) is 11.6 Å². The summed E-state index contributed by atoms with van der Waals surface area (Å²) in [6.07, 6.45) is 4.83. The highest BCUT2D eigenvalue weighted by Gasteiger charge is 2.13. The molecule has 2 heterocycles. The highest BCUT2D eigenvalue weighted by molar-refractivity contribution is 5.86. The second-order valence-corrected chi connectivity index (χ2v) is 6.20. The molecule has 0 aliphatic rings. The van der Waals surface area contributed by atoms with Crippen LogP contribution in [0, 0.1) is 12.7 Å². The topological polar surface area (TPSA) is 73.8 Å². The van der Waals surface area contributed by atoms with Crippen LogP contribution in [0.25, 0.3) is 22.2 Å². The zero-order valence-corrected chi connectivity index (χ0v) is 14.4. The van der Waals surface area contributed by atoms with Crippen molar-refractivity contribution in [3.63, 3.8) is 0 Å². The summed E-state index contributed by atoms with van der Waals surface area (Å²) < 4.78 is 16.3. The number of fused-ring (bicyclic) bond motifs is 1. The second kappa shape index (κ2) is 7.01. The van der Waals surface area contributed by atoms with Crippen molar-refractivity contribution in [2.45, 2.75) is 39.7 Å². The number of aromatic nitrogens is 3. The number of nitrogens with two attached hydrogens (primary N) is 1. The van der Waals surface area contributed by atoms with Gasteiger partial charge in [0, 0.05) is 24.5 Å². The lowest BCUT2D eigenvalue weighted by atomic mass is 10.1. The fourth-order valence-corrected chi connectivity index (χ4v) is 2.90. The van der Waals surface area contributed by atoms with Crippen molar-refractivity contribution in [1.82, 2.24) is 14.5 Å². The molecule has 0 aliphatic carbocycles. The van der Waals surface area contributed by atoms with Gasteiger partial charge in [-0.2, -0.15) is 0 Å². The van der Waals surface area contributed by atoms with Crippen LogP contribution in [-0.4, -0.2) is 14.5 Å². The van der Waals surface area contributed by atoms with E-state index in [1.165, 1.54) is 6.07 Å². The molecular formula is C19H21FN4O. The van der Waals surface area contributed by atoms with Gasteiger partial charge in [-0.25, -0.2) is 14.4 Å². The van der Waals surface area contributed by atoms with E-state index >= 15 is 0 Å². The summed E-state index contributed by atoms with van der Waals surface area (Å²) in [6, 6.07) is 6.32. The third-order valence-corrected chi connectivity index (χ3v) is 4.18. The van der Waals surface area contributed by atoms with E-state index in [9.17, 15) is 9.18 Å². The Bertz CT molecular complexity index is 961. The quantitative estimate of drug-likeness (QED) is 0.719. The minimum absolute atomic E-state index is 0.177. The molecular weight excluding hydrogens is 319 g/mol. The molecule has 6 heteroatoms. The summed E-state index contributed by atoms with van der Waals surface area (Å²) in [5, 5.41) is 1.03. The lowest BCUT2D eigenvalue weighted by Gasteiger charge is -2.09. The van der Waals surface area contributed by atoms with Gasteiger partial charge in [-0.3, -0.25) is 4.79 Å². The molecule has 0 bridgehead atoms. The molecule has 130 valence electrons. The van der Waals surface area contributed by atoms with Crippen molar-refractivity contribution in [2.24, 2.45) is 0 Å². The van der Waals surface area contributed by atoms with E-state index in [4.69, 9.17) is 5.73 Å². The van der Waals surface area contributed by atoms with E-state index in [1.807, 2.05) is 6.07 Å². The monoisotopic (exact) mass is 340 g/mol. The van der Waals surface area contributed by atoms with Gasteiger partial charge in [0.25, 0.3) is 5.56 Å². The molecule has 0 saturated heterocycles. The van der Waals surface area contributed by atoms with E-state index in [2.05, 4.69) is 16.9 Å². The van der Waals surface area contributed by atoms with Crippen LogP contribution >= 0.6 is 0 Å². The number of benzene rings is 1. The Morgan fingerprint density at radius 2 is 2.00 bits per heavy atom. The van der Waals surface area contributed by atoms with E-state index < -0.39 is 5.82 Å². The number of halogens is 1. The predicted molar refractivity (Wildman–Crippen MR) is 97.9 cm³/mol. The second-order valence-electron chi connectivity index (χ2n) is 6.20. The molecule has 2 N–H and O–H groups in total. The van der Waals surface area contributed by atoms with Crippen LogP contribution in [0.3, 0.4) is 0 Å². The highest BCUT2D eigenvalue weighted by Crippen LogP contribution is 2.25. The van der Waals surface area contributed by atoms with Crippen LogP contribution in [0.5, 0.6) is 0 Å². The fourth-order valence-electron chi connectivity index (χ4n) is 2.90. The fraction of sp³-hybridized carbons (Fsp3) is 0.316. The van der Waals surface area contributed by atoms with Crippen molar-refractivity contribution in [1.29, 1.82) is 0 Å². The maximum Gasteiger partial charge on any atom is 0.258 e. The Kier molecular flexibility index (Phi) is 4.79. The van der Waals surface area contributed by atoms with Crippen LogP contribution in [-0.2, 0) is 6.54 Å². The van der Waals surface area contributed by atoms with Gasteiger partial charge < -0.3 is 10.3 Å². The van der Waals surface area contributed by atoms with Gasteiger partial charge in [-0.05, 0) is 36.9 Å². The van der Waals surface area contributed by atoms with Gasteiger partial charge in [-0.15, -0.1) is 0 Å². The molecule has 0 atom stereocenters. The number of aryl methyl sites for hydroxylation is 2. The third-order valence-electron chi connectivity index (χ3n) is 4.18. The lowest BCUT2D eigenvalue weighted by Crippen LogP contribution is -2.19. The highest BCUT2D eigenvalue weighted by atomic mass is 19.1. The van der Waals surface area contributed by atoms with Gasteiger partial charge in [0.2, 0.25) is 0 Å². The van der Waals surface area contributed by atoms with E-state index in [0.29, 0.717) is 23.0 Å². The summed E-state index contributed by atoms with van der Waals surface area (Å²) >= 11 is 0. The zero-order chi connectivity index (χ0) is 18.0. The number of unbranched alkanes of at least 4 members (excludes halogenated alkanes) is 2. The third kappa shape index (κ3) is 3.52. The summed E-state index contributed by atoms with van der Waals surface area (Å²) in [4.78, 5) is 20.9. The predicted octanol–water partition coefficient (Wildman–Crippen LogP) is 3.68. The van der Waals surface area contributed by atoms with Crippen molar-refractivity contribution in [3.05, 3.63) is 52.3 Å². The van der Waals surface area contributed by atoms with Crippen molar-refractivity contribution in [3.8, 4) is 11.4 Å². The first-order valence-electron chi connectivity index (χ1n) is 8.44. The van der Waals surface area contributed by atoms with Crippen LogP contribution in [0.15, 0.2) is 35.3 Å². The first kappa shape index (κ1) is 17.1. The number of nitrogens with zero attached hydrogens (tertiary/aromatic N) is 3. The Hall–Kier alpha value is -2.76. The molecule has 1 aromatic carbocycles. The van der Waals surface area contributed by atoms with Crippen LogP contribution < -0.4 is 11.3 Å². The number of nitrogen functional groups attached to an aromatic ring is 1. The van der Waals surface area contributed by atoms with Crippen molar-refractivity contribution in [2.75, 3.05) is 5.73 Å². The maximum atomic E-state index is 14.6.